The molecule has 5 heteroatoms. The Kier molecular flexibility index (Phi) is 4.11. The molecule has 0 fully saturated rings. The fourth-order valence-corrected chi connectivity index (χ4v) is 2.57. The van der Waals surface area contributed by atoms with Gasteiger partial charge in [0.2, 0.25) is 0 Å². The van der Waals surface area contributed by atoms with Crippen LogP contribution in [-0.4, -0.2) is 10.2 Å². The van der Waals surface area contributed by atoms with E-state index in [2.05, 4.69) is 10.2 Å². The second-order valence-corrected chi connectivity index (χ2v) is 5.65. The minimum atomic E-state index is 0.329. The third-order valence-electron chi connectivity index (χ3n) is 3.05. The number of hydrogen-bond acceptors (Lipinski definition) is 2. The molecule has 1 aromatic heterocycles. The predicted molar refractivity (Wildman–Crippen MR) is 87.9 cm³/mol. The SMILES string of the molecule is Clc1ccc(-c2cc(Cl)nnc2-c2ccccc2Cl)cc1. The lowest BCUT2D eigenvalue weighted by Gasteiger charge is -2.10. The van der Waals surface area contributed by atoms with E-state index in [1.807, 2.05) is 48.5 Å². The maximum absolute atomic E-state index is 6.26. The van der Waals surface area contributed by atoms with Crippen LogP contribution in [0.2, 0.25) is 15.2 Å². The van der Waals surface area contributed by atoms with E-state index >= 15 is 0 Å². The van der Waals surface area contributed by atoms with E-state index in [4.69, 9.17) is 34.8 Å². The summed E-state index contributed by atoms with van der Waals surface area (Å²) in [5.41, 5.74) is 3.31. The number of benzene rings is 2. The van der Waals surface area contributed by atoms with Crippen molar-refractivity contribution in [2.45, 2.75) is 0 Å². The summed E-state index contributed by atoms with van der Waals surface area (Å²) in [6, 6.07) is 16.7. The molecule has 0 radical (unpaired) electrons. The molecule has 0 N–H and O–H groups in total. The average Bonchev–Trinajstić information content (AvgIpc) is 2.49. The van der Waals surface area contributed by atoms with Gasteiger partial charge >= 0.3 is 0 Å². The minimum Gasteiger partial charge on any atom is -0.148 e. The Hall–Kier alpha value is -1.61. The predicted octanol–water partition coefficient (Wildman–Crippen LogP) is 5.77. The van der Waals surface area contributed by atoms with Crippen molar-refractivity contribution in [2.24, 2.45) is 0 Å². The number of nitrogens with zero attached hydrogens (tertiary/aromatic N) is 2. The van der Waals surface area contributed by atoms with Crippen LogP contribution in [0.5, 0.6) is 0 Å². The summed E-state index contributed by atoms with van der Waals surface area (Å²) >= 11 is 18.2. The summed E-state index contributed by atoms with van der Waals surface area (Å²) in [5, 5.41) is 9.76. The number of halogens is 3. The zero-order valence-corrected chi connectivity index (χ0v) is 13.0. The lowest BCUT2D eigenvalue weighted by Crippen LogP contribution is -1.93. The minimum absolute atomic E-state index is 0.329. The van der Waals surface area contributed by atoms with Gasteiger partial charge in [0.1, 0.15) is 5.69 Å². The van der Waals surface area contributed by atoms with Crippen LogP contribution < -0.4 is 0 Å². The van der Waals surface area contributed by atoms with Crippen LogP contribution in [0.4, 0.5) is 0 Å². The molecule has 104 valence electrons. The van der Waals surface area contributed by atoms with Crippen molar-refractivity contribution in [2.75, 3.05) is 0 Å². The highest BCUT2D eigenvalue weighted by Gasteiger charge is 2.13. The monoisotopic (exact) mass is 334 g/mol. The molecular weight excluding hydrogens is 327 g/mol. The topological polar surface area (TPSA) is 25.8 Å². The molecule has 0 saturated carbocycles. The second-order valence-electron chi connectivity index (χ2n) is 4.42. The summed E-state index contributed by atoms with van der Waals surface area (Å²) in [4.78, 5) is 0. The molecule has 2 aromatic carbocycles. The Morgan fingerprint density at radius 2 is 1.43 bits per heavy atom. The number of rotatable bonds is 2. The van der Waals surface area contributed by atoms with Gasteiger partial charge in [0.05, 0.1) is 5.02 Å². The van der Waals surface area contributed by atoms with E-state index in [-0.39, 0.29) is 0 Å². The van der Waals surface area contributed by atoms with Gasteiger partial charge < -0.3 is 0 Å². The Balaban J connectivity index is 2.23. The molecule has 0 aliphatic rings. The molecule has 0 bridgehead atoms. The summed E-state index contributed by atoms with van der Waals surface area (Å²) in [6.45, 7) is 0. The molecule has 1 heterocycles. The van der Waals surface area contributed by atoms with E-state index in [0.29, 0.717) is 20.9 Å². The van der Waals surface area contributed by atoms with Crippen LogP contribution in [0.25, 0.3) is 22.4 Å². The third-order valence-corrected chi connectivity index (χ3v) is 3.81. The summed E-state index contributed by atoms with van der Waals surface area (Å²) in [5.74, 6) is 0. The zero-order chi connectivity index (χ0) is 14.8. The van der Waals surface area contributed by atoms with Gasteiger partial charge in [0.15, 0.2) is 5.15 Å². The molecule has 0 saturated heterocycles. The van der Waals surface area contributed by atoms with Gasteiger partial charge in [0, 0.05) is 16.1 Å². The first-order valence-electron chi connectivity index (χ1n) is 6.19. The molecule has 3 rings (SSSR count). The van der Waals surface area contributed by atoms with E-state index in [1.54, 1.807) is 6.07 Å². The van der Waals surface area contributed by atoms with Gasteiger partial charge in [-0.05, 0) is 29.8 Å². The molecule has 0 unspecified atom stereocenters. The highest BCUT2D eigenvalue weighted by atomic mass is 35.5. The summed E-state index contributed by atoms with van der Waals surface area (Å²) in [7, 11) is 0. The first kappa shape index (κ1) is 14.3. The third kappa shape index (κ3) is 3.03. The average molecular weight is 336 g/mol. The summed E-state index contributed by atoms with van der Waals surface area (Å²) in [6.07, 6.45) is 0. The van der Waals surface area contributed by atoms with E-state index in [0.717, 1.165) is 16.7 Å². The molecule has 2 nitrogen and oxygen atoms in total. The van der Waals surface area contributed by atoms with Gasteiger partial charge in [0.25, 0.3) is 0 Å². The number of aromatic nitrogens is 2. The molecule has 21 heavy (non-hydrogen) atoms. The Morgan fingerprint density at radius 1 is 0.714 bits per heavy atom. The fraction of sp³-hybridized carbons (Fsp3) is 0. The van der Waals surface area contributed by atoms with Gasteiger partial charge in [-0.25, -0.2) is 0 Å². The molecule has 0 aliphatic carbocycles. The zero-order valence-electron chi connectivity index (χ0n) is 10.7. The fourth-order valence-electron chi connectivity index (χ4n) is 2.07. The van der Waals surface area contributed by atoms with Gasteiger partial charge in [-0.2, -0.15) is 0 Å². The van der Waals surface area contributed by atoms with Gasteiger partial charge in [-0.3, -0.25) is 0 Å². The number of hydrogen-bond donors (Lipinski definition) is 0. The second kappa shape index (κ2) is 6.02. The lowest BCUT2D eigenvalue weighted by molar-refractivity contribution is 1.04. The molecule has 3 aromatic rings. The Morgan fingerprint density at radius 3 is 2.14 bits per heavy atom. The smallest absolute Gasteiger partial charge is 0.148 e. The molecule has 0 amide bonds. The van der Waals surface area contributed by atoms with Crippen LogP contribution in [-0.2, 0) is 0 Å². The Labute approximate surface area is 137 Å². The molecule has 0 aliphatic heterocycles. The van der Waals surface area contributed by atoms with Crippen molar-refractivity contribution in [1.29, 1.82) is 0 Å². The van der Waals surface area contributed by atoms with Crippen LogP contribution in [0.3, 0.4) is 0 Å². The van der Waals surface area contributed by atoms with Crippen LogP contribution in [0.15, 0.2) is 54.6 Å². The van der Waals surface area contributed by atoms with Crippen molar-refractivity contribution in [3.05, 3.63) is 69.8 Å². The van der Waals surface area contributed by atoms with Crippen molar-refractivity contribution >= 4 is 34.8 Å². The molecule has 0 spiro atoms. The normalized spacial score (nSPS) is 10.6. The maximum atomic E-state index is 6.26. The standard InChI is InChI=1S/C16H9Cl3N2/c17-11-7-5-10(6-8-11)13-9-15(19)20-21-16(13)12-3-1-2-4-14(12)18/h1-9H. The summed E-state index contributed by atoms with van der Waals surface area (Å²) < 4.78 is 0. The van der Waals surface area contributed by atoms with Crippen LogP contribution in [0.1, 0.15) is 0 Å². The Bertz CT molecular complexity index is 786. The van der Waals surface area contributed by atoms with Gasteiger partial charge in [-0.1, -0.05) is 65.1 Å². The van der Waals surface area contributed by atoms with E-state index in [1.165, 1.54) is 0 Å². The highest BCUT2D eigenvalue weighted by molar-refractivity contribution is 6.33. The largest absolute Gasteiger partial charge is 0.152 e. The first-order chi connectivity index (χ1) is 10.1. The van der Waals surface area contributed by atoms with Crippen LogP contribution in [0, 0.1) is 0 Å². The molecule has 0 atom stereocenters. The maximum Gasteiger partial charge on any atom is 0.152 e. The quantitative estimate of drug-likeness (QED) is 0.594. The van der Waals surface area contributed by atoms with E-state index < -0.39 is 0 Å². The highest BCUT2D eigenvalue weighted by Crippen LogP contribution is 2.35. The van der Waals surface area contributed by atoms with Crippen molar-refractivity contribution in [3.8, 4) is 22.4 Å². The van der Waals surface area contributed by atoms with Crippen LogP contribution >= 0.6 is 34.8 Å². The van der Waals surface area contributed by atoms with Crippen molar-refractivity contribution in [3.63, 3.8) is 0 Å². The lowest BCUT2D eigenvalue weighted by atomic mass is 10.0. The van der Waals surface area contributed by atoms with Gasteiger partial charge in [-0.15, -0.1) is 10.2 Å². The van der Waals surface area contributed by atoms with Crippen molar-refractivity contribution in [1.82, 2.24) is 10.2 Å². The van der Waals surface area contributed by atoms with E-state index in [9.17, 15) is 0 Å². The van der Waals surface area contributed by atoms with Crippen molar-refractivity contribution < 1.29 is 0 Å². The molecular formula is C16H9Cl3N2. The first-order valence-corrected chi connectivity index (χ1v) is 7.32.